The molecule has 2 heterocycles. The standard InChI is InChI=1S/C16H23N3O/c1-12-10-18-9-5-8-14(18)11-19(12)16(20)15(17)13-6-3-2-4-7-13/h2-4,6-7,12,14-15H,5,8-11,17H2,1H3. The molecule has 1 aromatic carbocycles. The minimum absolute atomic E-state index is 0.0650. The molecule has 4 nitrogen and oxygen atoms in total. The van der Waals surface area contributed by atoms with E-state index in [4.69, 9.17) is 5.73 Å². The van der Waals surface area contributed by atoms with Gasteiger partial charge in [0, 0.05) is 25.2 Å². The zero-order chi connectivity index (χ0) is 14.1. The minimum atomic E-state index is -0.536. The Morgan fingerprint density at radius 2 is 2.05 bits per heavy atom. The number of fused-ring (bicyclic) bond motifs is 1. The predicted octanol–water partition coefficient (Wildman–Crippen LogP) is 1.38. The van der Waals surface area contributed by atoms with Gasteiger partial charge in [-0.2, -0.15) is 0 Å². The molecule has 2 fully saturated rings. The maximum Gasteiger partial charge on any atom is 0.244 e. The first-order valence-electron chi connectivity index (χ1n) is 7.52. The summed E-state index contributed by atoms with van der Waals surface area (Å²) < 4.78 is 0. The molecule has 3 unspecified atom stereocenters. The van der Waals surface area contributed by atoms with Crippen molar-refractivity contribution in [3.05, 3.63) is 35.9 Å². The fraction of sp³-hybridized carbons (Fsp3) is 0.562. The molecule has 1 aromatic rings. The van der Waals surface area contributed by atoms with Crippen LogP contribution in [-0.2, 0) is 4.79 Å². The van der Waals surface area contributed by atoms with Gasteiger partial charge >= 0.3 is 0 Å². The second-order valence-corrected chi connectivity index (χ2v) is 6.02. The Balaban J connectivity index is 1.73. The monoisotopic (exact) mass is 273 g/mol. The molecule has 0 bridgehead atoms. The van der Waals surface area contributed by atoms with Crippen molar-refractivity contribution in [2.45, 2.75) is 37.9 Å². The Bertz CT molecular complexity index is 476. The maximum absolute atomic E-state index is 12.7. The highest BCUT2D eigenvalue weighted by atomic mass is 16.2. The van der Waals surface area contributed by atoms with Crippen molar-refractivity contribution in [2.24, 2.45) is 5.73 Å². The van der Waals surface area contributed by atoms with Gasteiger partial charge in [-0.25, -0.2) is 0 Å². The molecular formula is C16H23N3O. The number of nitrogens with zero attached hydrogens (tertiary/aromatic N) is 2. The number of hydrogen-bond acceptors (Lipinski definition) is 3. The van der Waals surface area contributed by atoms with E-state index in [-0.39, 0.29) is 11.9 Å². The van der Waals surface area contributed by atoms with Crippen LogP contribution in [0.25, 0.3) is 0 Å². The molecule has 0 aliphatic carbocycles. The van der Waals surface area contributed by atoms with Crippen LogP contribution in [0.1, 0.15) is 31.4 Å². The first kappa shape index (κ1) is 13.6. The Hall–Kier alpha value is -1.39. The number of hydrogen-bond donors (Lipinski definition) is 1. The third-order valence-corrected chi connectivity index (χ3v) is 4.65. The highest BCUT2D eigenvalue weighted by molar-refractivity contribution is 5.83. The largest absolute Gasteiger partial charge is 0.335 e. The normalized spacial score (nSPS) is 28.2. The maximum atomic E-state index is 12.7. The minimum Gasteiger partial charge on any atom is -0.335 e. The van der Waals surface area contributed by atoms with Crippen molar-refractivity contribution in [1.29, 1.82) is 0 Å². The molecule has 2 saturated heterocycles. The van der Waals surface area contributed by atoms with Gasteiger partial charge in [-0.15, -0.1) is 0 Å². The fourth-order valence-electron chi connectivity index (χ4n) is 3.48. The van der Waals surface area contributed by atoms with Gasteiger partial charge in [0.15, 0.2) is 0 Å². The van der Waals surface area contributed by atoms with Crippen LogP contribution in [0.2, 0.25) is 0 Å². The smallest absolute Gasteiger partial charge is 0.244 e. The lowest BCUT2D eigenvalue weighted by atomic mass is 10.0. The topological polar surface area (TPSA) is 49.6 Å². The van der Waals surface area contributed by atoms with Crippen LogP contribution in [0.5, 0.6) is 0 Å². The number of nitrogens with two attached hydrogens (primary N) is 1. The van der Waals surface area contributed by atoms with Crippen LogP contribution < -0.4 is 5.73 Å². The van der Waals surface area contributed by atoms with E-state index in [0.717, 1.165) is 18.7 Å². The Labute approximate surface area is 120 Å². The van der Waals surface area contributed by atoms with Crippen molar-refractivity contribution in [3.8, 4) is 0 Å². The van der Waals surface area contributed by atoms with Crippen LogP contribution in [0.15, 0.2) is 30.3 Å². The molecule has 4 heteroatoms. The summed E-state index contributed by atoms with van der Waals surface area (Å²) in [7, 11) is 0. The molecule has 20 heavy (non-hydrogen) atoms. The van der Waals surface area contributed by atoms with Gasteiger partial charge in [-0.3, -0.25) is 9.69 Å². The Morgan fingerprint density at radius 1 is 1.30 bits per heavy atom. The van der Waals surface area contributed by atoms with Crippen molar-refractivity contribution >= 4 is 5.91 Å². The number of amides is 1. The second kappa shape index (κ2) is 5.54. The fourth-order valence-corrected chi connectivity index (χ4v) is 3.48. The number of carbonyl (C=O) groups is 1. The molecule has 2 aliphatic rings. The van der Waals surface area contributed by atoms with Crippen LogP contribution in [0.3, 0.4) is 0 Å². The summed E-state index contributed by atoms with van der Waals surface area (Å²) in [5.74, 6) is 0.0650. The molecule has 108 valence electrons. The highest BCUT2D eigenvalue weighted by Crippen LogP contribution is 2.26. The van der Waals surface area contributed by atoms with Crippen LogP contribution >= 0.6 is 0 Å². The van der Waals surface area contributed by atoms with Crippen molar-refractivity contribution in [2.75, 3.05) is 19.6 Å². The average Bonchev–Trinajstić information content (AvgIpc) is 2.93. The van der Waals surface area contributed by atoms with Gasteiger partial charge in [-0.1, -0.05) is 30.3 Å². The van der Waals surface area contributed by atoms with E-state index in [1.807, 2.05) is 35.2 Å². The van der Waals surface area contributed by atoms with E-state index in [1.165, 1.54) is 19.4 Å². The number of rotatable bonds is 2. The summed E-state index contributed by atoms with van der Waals surface area (Å²) in [4.78, 5) is 17.2. The van der Waals surface area contributed by atoms with E-state index in [9.17, 15) is 4.79 Å². The molecule has 3 rings (SSSR count). The molecule has 3 atom stereocenters. The summed E-state index contributed by atoms with van der Waals surface area (Å²) in [6, 6.07) is 9.93. The highest BCUT2D eigenvalue weighted by Gasteiger charge is 2.37. The van der Waals surface area contributed by atoms with Gasteiger partial charge in [-0.05, 0) is 31.9 Å². The molecule has 2 N–H and O–H groups in total. The molecule has 0 saturated carbocycles. The summed E-state index contributed by atoms with van der Waals surface area (Å²) >= 11 is 0. The number of carbonyl (C=O) groups excluding carboxylic acids is 1. The van der Waals surface area contributed by atoms with Crippen molar-refractivity contribution in [1.82, 2.24) is 9.80 Å². The average molecular weight is 273 g/mol. The number of benzene rings is 1. The lowest BCUT2D eigenvalue weighted by Crippen LogP contribution is -2.58. The molecule has 0 radical (unpaired) electrons. The Morgan fingerprint density at radius 3 is 2.80 bits per heavy atom. The number of piperazine rings is 1. The summed E-state index contributed by atoms with van der Waals surface area (Å²) in [6.45, 7) is 5.13. The van der Waals surface area contributed by atoms with Crippen molar-refractivity contribution in [3.63, 3.8) is 0 Å². The third kappa shape index (κ3) is 2.45. The van der Waals surface area contributed by atoms with Gasteiger partial charge in [0.1, 0.15) is 6.04 Å². The lowest BCUT2D eigenvalue weighted by molar-refractivity contribution is -0.138. The first-order chi connectivity index (χ1) is 9.66. The molecule has 0 aromatic heterocycles. The van der Waals surface area contributed by atoms with Gasteiger partial charge in [0.05, 0.1) is 0 Å². The summed E-state index contributed by atoms with van der Waals surface area (Å²) in [5.41, 5.74) is 7.07. The van der Waals surface area contributed by atoms with Crippen LogP contribution in [-0.4, -0.2) is 47.4 Å². The van der Waals surface area contributed by atoms with E-state index < -0.39 is 6.04 Å². The van der Waals surface area contributed by atoms with E-state index >= 15 is 0 Å². The Kier molecular flexibility index (Phi) is 3.76. The zero-order valence-electron chi connectivity index (χ0n) is 12.0. The van der Waals surface area contributed by atoms with Gasteiger partial charge in [0.2, 0.25) is 5.91 Å². The predicted molar refractivity (Wildman–Crippen MR) is 79.1 cm³/mol. The molecule has 1 amide bonds. The van der Waals surface area contributed by atoms with Gasteiger partial charge in [0.25, 0.3) is 0 Å². The van der Waals surface area contributed by atoms with E-state index in [0.29, 0.717) is 6.04 Å². The lowest BCUT2D eigenvalue weighted by Gasteiger charge is -2.43. The van der Waals surface area contributed by atoms with Crippen LogP contribution in [0, 0.1) is 0 Å². The van der Waals surface area contributed by atoms with E-state index in [1.54, 1.807) is 0 Å². The summed E-state index contributed by atoms with van der Waals surface area (Å²) in [5, 5.41) is 0. The summed E-state index contributed by atoms with van der Waals surface area (Å²) in [6.07, 6.45) is 2.46. The van der Waals surface area contributed by atoms with E-state index in [2.05, 4.69) is 11.8 Å². The molecule has 0 spiro atoms. The second-order valence-electron chi connectivity index (χ2n) is 6.02. The first-order valence-corrected chi connectivity index (χ1v) is 7.52. The van der Waals surface area contributed by atoms with Crippen molar-refractivity contribution < 1.29 is 4.79 Å². The molecular weight excluding hydrogens is 250 g/mol. The van der Waals surface area contributed by atoms with Gasteiger partial charge < -0.3 is 10.6 Å². The quantitative estimate of drug-likeness (QED) is 0.885. The van der Waals surface area contributed by atoms with Crippen LogP contribution in [0.4, 0.5) is 0 Å². The molecule has 2 aliphatic heterocycles. The SMILES string of the molecule is CC1CN2CCCC2CN1C(=O)C(N)c1ccccc1. The third-order valence-electron chi connectivity index (χ3n) is 4.65. The zero-order valence-corrected chi connectivity index (χ0v) is 12.0.